The van der Waals surface area contributed by atoms with E-state index in [0.29, 0.717) is 35.1 Å². The highest BCUT2D eigenvalue weighted by Gasteiger charge is 2.15. The Balaban J connectivity index is 0.00000784. The Hall–Kier alpha value is -1.26. The van der Waals surface area contributed by atoms with Gasteiger partial charge in [0.1, 0.15) is 17.6 Å². The molecule has 8 heteroatoms. The van der Waals surface area contributed by atoms with Gasteiger partial charge in [-0.1, -0.05) is 0 Å². The number of nitrogens with zero attached hydrogens (tertiary/aromatic N) is 2. The van der Waals surface area contributed by atoms with Crippen LogP contribution in [0.25, 0.3) is 0 Å². The summed E-state index contributed by atoms with van der Waals surface area (Å²) < 4.78 is 10.6. The van der Waals surface area contributed by atoms with E-state index < -0.39 is 6.10 Å². The van der Waals surface area contributed by atoms with Crippen molar-refractivity contribution < 1.29 is 14.6 Å². The molecule has 0 aromatic heterocycles. The largest absolute Gasteiger partial charge is 0.497 e. The fourth-order valence-electron chi connectivity index (χ4n) is 3.13. The summed E-state index contributed by atoms with van der Waals surface area (Å²) in [6, 6.07) is 6.35. The van der Waals surface area contributed by atoms with E-state index >= 15 is 0 Å². The van der Waals surface area contributed by atoms with Gasteiger partial charge in [0.05, 0.1) is 20.8 Å². The molecule has 0 saturated carbocycles. The van der Waals surface area contributed by atoms with Crippen molar-refractivity contribution in [1.29, 1.82) is 0 Å². The predicted molar refractivity (Wildman–Crippen MR) is 131 cm³/mol. The second-order valence-corrected chi connectivity index (χ2v) is 7.20. The molecule has 0 heterocycles. The molecule has 1 aromatic rings. The van der Waals surface area contributed by atoms with Crippen molar-refractivity contribution in [2.45, 2.75) is 52.8 Å². The minimum absolute atomic E-state index is 0. The fraction of sp³-hybridized carbons (Fsp3) is 0.667. The topological polar surface area (TPSA) is 78.4 Å². The van der Waals surface area contributed by atoms with Crippen molar-refractivity contribution in [3.8, 4) is 11.5 Å². The Morgan fingerprint density at radius 1 is 1.10 bits per heavy atom. The minimum Gasteiger partial charge on any atom is -0.497 e. The second kappa shape index (κ2) is 14.7. The maximum atomic E-state index is 10.6. The molecule has 0 saturated heterocycles. The van der Waals surface area contributed by atoms with Gasteiger partial charge in [-0.15, -0.1) is 24.0 Å². The van der Waals surface area contributed by atoms with E-state index in [0.717, 1.165) is 19.6 Å². The zero-order valence-corrected chi connectivity index (χ0v) is 21.2. The summed E-state index contributed by atoms with van der Waals surface area (Å²) in [4.78, 5) is 6.96. The molecule has 0 aliphatic carbocycles. The average Bonchev–Trinajstić information content (AvgIpc) is 2.67. The summed E-state index contributed by atoms with van der Waals surface area (Å²) in [6.07, 6.45) is -0.789. The number of halogens is 1. The van der Waals surface area contributed by atoms with Crippen LogP contribution in [0.4, 0.5) is 0 Å². The highest BCUT2D eigenvalue weighted by atomic mass is 127. The maximum absolute atomic E-state index is 10.6. The van der Waals surface area contributed by atoms with Gasteiger partial charge in [-0.2, -0.15) is 0 Å². The zero-order chi connectivity index (χ0) is 21.1. The number of aliphatic hydroxyl groups is 1. The third kappa shape index (κ3) is 9.39. The molecule has 0 aliphatic heterocycles. The molecule has 0 bridgehead atoms. The highest BCUT2D eigenvalue weighted by Crippen LogP contribution is 2.29. The Morgan fingerprint density at radius 2 is 1.76 bits per heavy atom. The minimum atomic E-state index is -0.789. The van der Waals surface area contributed by atoms with Crippen molar-refractivity contribution in [2.24, 2.45) is 4.99 Å². The van der Waals surface area contributed by atoms with Gasteiger partial charge in [-0.25, -0.2) is 0 Å². The van der Waals surface area contributed by atoms with E-state index in [1.54, 1.807) is 32.4 Å². The number of ether oxygens (including phenoxy) is 2. The zero-order valence-electron chi connectivity index (χ0n) is 18.9. The molecule has 1 unspecified atom stereocenters. The maximum Gasteiger partial charge on any atom is 0.191 e. The van der Waals surface area contributed by atoms with Gasteiger partial charge in [0.25, 0.3) is 0 Å². The van der Waals surface area contributed by atoms with Crippen LogP contribution in [0.15, 0.2) is 23.2 Å². The van der Waals surface area contributed by atoms with E-state index in [4.69, 9.17) is 9.47 Å². The van der Waals surface area contributed by atoms with Crippen LogP contribution < -0.4 is 20.1 Å². The van der Waals surface area contributed by atoms with E-state index in [2.05, 4.69) is 48.2 Å². The lowest BCUT2D eigenvalue weighted by Gasteiger charge is -2.30. The van der Waals surface area contributed by atoms with E-state index in [1.165, 1.54) is 0 Å². The SMILES string of the molecule is CCNC(=NCC(O)c1cc(OC)ccc1OC)NCCN(C(C)C)C(C)C.I. The second-order valence-electron chi connectivity index (χ2n) is 7.20. The van der Waals surface area contributed by atoms with Crippen LogP contribution in [0, 0.1) is 0 Å². The number of hydrogen-bond donors (Lipinski definition) is 3. The van der Waals surface area contributed by atoms with E-state index in [9.17, 15) is 5.11 Å². The van der Waals surface area contributed by atoms with Crippen LogP contribution in [0.1, 0.15) is 46.3 Å². The van der Waals surface area contributed by atoms with Crippen LogP contribution in [-0.2, 0) is 0 Å². The Kier molecular flexibility index (Phi) is 14.0. The molecule has 0 spiro atoms. The smallest absolute Gasteiger partial charge is 0.191 e. The van der Waals surface area contributed by atoms with E-state index in [-0.39, 0.29) is 30.5 Å². The number of guanidine groups is 1. The fourth-order valence-corrected chi connectivity index (χ4v) is 3.13. The first-order valence-corrected chi connectivity index (χ1v) is 10.0. The number of nitrogens with one attached hydrogen (secondary N) is 2. The Morgan fingerprint density at radius 3 is 2.28 bits per heavy atom. The van der Waals surface area contributed by atoms with Gasteiger partial charge in [-0.3, -0.25) is 9.89 Å². The number of aliphatic imine (C=N–C) groups is 1. The van der Waals surface area contributed by atoms with Crippen LogP contribution in [0.5, 0.6) is 11.5 Å². The standard InChI is InChI=1S/C21H38N4O3.HI/c1-8-22-21(23-11-12-25(15(2)3)16(4)5)24-14-19(26)18-13-17(27-6)9-10-20(18)28-7;/h9-10,13,15-16,19,26H,8,11-12,14H2,1-7H3,(H2,22,23,24);1H. The third-order valence-corrected chi connectivity index (χ3v) is 4.55. The molecular weight excluding hydrogens is 483 g/mol. The summed E-state index contributed by atoms with van der Waals surface area (Å²) >= 11 is 0. The van der Waals surface area contributed by atoms with Crippen LogP contribution in [0.2, 0.25) is 0 Å². The van der Waals surface area contributed by atoms with Crippen molar-refractivity contribution in [3.63, 3.8) is 0 Å². The molecule has 3 N–H and O–H groups in total. The van der Waals surface area contributed by atoms with Crippen LogP contribution in [0.3, 0.4) is 0 Å². The van der Waals surface area contributed by atoms with Crippen LogP contribution in [-0.4, -0.2) is 68.4 Å². The molecule has 0 aliphatic rings. The quantitative estimate of drug-likeness (QED) is 0.236. The number of methoxy groups -OCH3 is 2. The number of hydrogen-bond acceptors (Lipinski definition) is 5. The van der Waals surface area contributed by atoms with Crippen molar-refractivity contribution in [2.75, 3.05) is 40.4 Å². The molecule has 7 nitrogen and oxygen atoms in total. The van der Waals surface area contributed by atoms with Gasteiger partial charge in [0, 0.05) is 37.3 Å². The average molecular weight is 522 g/mol. The van der Waals surface area contributed by atoms with Crippen molar-refractivity contribution in [3.05, 3.63) is 23.8 Å². The van der Waals surface area contributed by atoms with Gasteiger partial charge < -0.3 is 25.2 Å². The summed E-state index contributed by atoms with van der Waals surface area (Å²) in [7, 11) is 3.18. The van der Waals surface area contributed by atoms with Crippen molar-refractivity contribution >= 4 is 29.9 Å². The Bertz CT molecular complexity index is 604. The lowest BCUT2D eigenvalue weighted by Crippen LogP contribution is -2.45. The van der Waals surface area contributed by atoms with E-state index in [1.807, 2.05) is 6.92 Å². The molecule has 29 heavy (non-hydrogen) atoms. The van der Waals surface area contributed by atoms with Gasteiger partial charge >= 0.3 is 0 Å². The highest BCUT2D eigenvalue weighted by molar-refractivity contribution is 14.0. The molecule has 168 valence electrons. The first kappa shape index (κ1) is 27.7. The lowest BCUT2D eigenvalue weighted by atomic mass is 10.1. The number of benzene rings is 1. The molecular formula is C21H39IN4O3. The molecule has 0 fully saturated rings. The molecule has 0 amide bonds. The Labute approximate surface area is 193 Å². The summed E-state index contributed by atoms with van der Waals surface area (Å²) in [5.41, 5.74) is 0.659. The number of aliphatic hydroxyl groups excluding tert-OH is 1. The molecule has 0 radical (unpaired) electrons. The summed E-state index contributed by atoms with van der Waals surface area (Å²) in [5, 5.41) is 17.2. The van der Waals surface area contributed by atoms with Crippen molar-refractivity contribution in [1.82, 2.24) is 15.5 Å². The van der Waals surface area contributed by atoms with Gasteiger partial charge in [-0.05, 0) is 52.8 Å². The normalized spacial score (nSPS) is 12.7. The monoisotopic (exact) mass is 522 g/mol. The van der Waals surface area contributed by atoms with Gasteiger partial charge in [0.15, 0.2) is 5.96 Å². The van der Waals surface area contributed by atoms with Gasteiger partial charge in [0.2, 0.25) is 0 Å². The first-order chi connectivity index (χ1) is 13.3. The van der Waals surface area contributed by atoms with Crippen LogP contribution >= 0.6 is 24.0 Å². The summed E-state index contributed by atoms with van der Waals surface area (Å²) in [6.45, 7) is 13.5. The first-order valence-electron chi connectivity index (χ1n) is 10.0. The number of rotatable bonds is 11. The lowest BCUT2D eigenvalue weighted by molar-refractivity contribution is 0.178. The molecule has 1 rings (SSSR count). The third-order valence-electron chi connectivity index (χ3n) is 4.55. The summed E-state index contributed by atoms with van der Waals surface area (Å²) in [5.74, 6) is 1.98. The molecule has 1 aromatic carbocycles. The predicted octanol–water partition coefficient (Wildman–Crippen LogP) is 3.03. The molecule has 1 atom stereocenters.